The van der Waals surface area contributed by atoms with Crippen molar-refractivity contribution in [3.63, 3.8) is 0 Å². The van der Waals surface area contributed by atoms with Crippen molar-refractivity contribution in [3.05, 3.63) is 241 Å². The van der Waals surface area contributed by atoms with Gasteiger partial charge in [0.05, 0.1) is 32.7 Å². The Labute approximate surface area is 363 Å². The van der Waals surface area contributed by atoms with E-state index in [2.05, 4.69) is 194 Å². The molecule has 0 radical (unpaired) electrons. The molecule has 0 spiro atoms. The highest BCUT2D eigenvalue weighted by molar-refractivity contribution is 7.26. The first-order valence-corrected chi connectivity index (χ1v) is 21.7. The molecule has 12 rings (SSSR count). The van der Waals surface area contributed by atoms with E-state index in [0.717, 1.165) is 66.1 Å². The van der Waals surface area contributed by atoms with Crippen LogP contribution in [0.2, 0.25) is 0 Å². The molecule has 4 nitrogen and oxygen atoms in total. The molecule has 0 N–H and O–H groups in total. The smallest absolute Gasteiger partial charge is 0.161 e. The number of fused-ring (bicyclic) bond motifs is 6. The largest absolute Gasteiger partial charge is 0.228 e. The second kappa shape index (κ2) is 14.7. The van der Waals surface area contributed by atoms with E-state index < -0.39 is 5.41 Å². The first-order chi connectivity index (χ1) is 30.7. The summed E-state index contributed by atoms with van der Waals surface area (Å²) in [5.41, 5.74) is 14.9. The molecule has 0 atom stereocenters. The standard InChI is InChI=1S/C57H36N4S/c1-6-20-37(21-7-1)49-36-50(59-55(58-49)39-24-10-3-11-25-39)45-34-44-42-30-16-18-32-47(42)57(40-26-12-4-13-27-40,41-28-14-5-15-29-41)48(44)35-46(45)56-60-52(38-22-8-2-9-23-38)54-53(61-56)43-31-17-19-33-51(43)62-54/h1-36H. The normalized spacial score (nSPS) is 12.6. The number of benzene rings is 8. The predicted octanol–water partition coefficient (Wildman–Crippen LogP) is 14.3. The lowest BCUT2D eigenvalue weighted by molar-refractivity contribution is 0.768. The lowest BCUT2D eigenvalue weighted by Gasteiger charge is -2.34. The van der Waals surface area contributed by atoms with E-state index in [1.165, 1.54) is 32.5 Å². The van der Waals surface area contributed by atoms with Gasteiger partial charge in [-0.25, -0.2) is 19.9 Å². The third kappa shape index (κ3) is 5.74. The van der Waals surface area contributed by atoms with Crippen LogP contribution in [-0.4, -0.2) is 19.9 Å². The van der Waals surface area contributed by atoms with Crippen molar-refractivity contribution >= 4 is 31.6 Å². The van der Waals surface area contributed by atoms with Crippen LogP contribution < -0.4 is 0 Å². The maximum atomic E-state index is 5.61. The van der Waals surface area contributed by atoms with Crippen LogP contribution in [0.5, 0.6) is 0 Å². The molecule has 8 aromatic carbocycles. The van der Waals surface area contributed by atoms with Gasteiger partial charge in [0.2, 0.25) is 0 Å². The Hall–Kier alpha value is -7.86. The molecule has 1 aliphatic rings. The minimum Gasteiger partial charge on any atom is -0.228 e. The Bertz CT molecular complexity index is 3340. The van der Waals surface area contributed by atoms with Crippen LogP contribution in [0.15, 0.2) is 218 Å². The molecule has 62 heavy (non-hydrogen) atoms. The fourth-order valence-electron chi connectivity index (χ4n) is 9.45. The van der Waals surface area contributed by atoms with Crippen molar-refractivity contribution in [2.75, 3.05) is 0 Å². The van der Waals surface area contributed by atoms with Gasteiger partial charge in [-0.3, -0.25) is 0 Å². The molecule has 0 bridgehead atoms. The number of rotatable bonds is 7. The topological polar surface area (TPSA) is 51.6 Å². The van der Waals surface area contributed by atoms with E-state index in [9.17, 15) is 0 Å². The van der Waals surface area contributed by atoms with Crippen molar-refractivity contribution in [1.82, 2.24) is 19.9 Å². The van der Waals surface area contributed by atoms with Crippen molar-refractivity contribution in [2.24, 2.45) is 0 Å². The fourth-order valence-corrected chi connectivity index (χ4v) is 10.6. The van der Waals surface area contributed by atoms with Gasteiger partial charge in [0.1, 0.15) is 0 Å². The molecular formula is C57H36N4S. The molecule has 0 amide bonds. The Morgan fingerprint density at radius 2 is 0.919 bits per heavy atom. The molecule has 290 valence electrons. The summed E-state index contributed by atoms with van der Waals surface area (Å²) in [6, 6.07) is 77.3. The van der Waals surface area contributed by atoms with Gasteiger partial charge in [0, 0.05) is 37.9 Å². The molecule has 0 aliphatic heterocycles. The van der Waals surface area contributed by atoms with Crippen molar-refractivity contribution in [3.8, 4) is 67.7 Å². The fraction of sp³-hybridized carbons (Fsp3) is 0.0175. The van der Waals surface area contributed by atoms with Crippen LogP contribution in [0.1, 0.15) is 22.3 Å². The number of nitrogens with zero attached hydrogens (tertiary/aromatic N) is 4. The van der Waals surface area contributed by atoms with E-state index in [1.54, 1.807) is 11.3 Å². The van der Waals surface area contributed by atoms with Gasteiger partial charge >= 0.3 is 0 Å². The number of hydrogen-bond donors (Lipinski definition) is 0. The quantitative estimate of drug-likeness (QED) is 0.161. The lowest BCUT2D eigenvalue weighted by atomic mass is 9.67. The van der Waals surface area contributed by atoms with E-state index in [1.807, 2.05) is 24.3 Å². The van der Waals surface area contributed by atoms with Gasteiger partial charge in [-0.15, -0.1) is 11.3 Å². The first kappa shape index (κ1) is 36.0. The molecular weight excluding hydrogens is 773 g/mol. The molecule has 0 unspecified atom stereocenters. The molecule has 11 aromatic rings. The zero-order chi connectivity index (χ0) is 41.0. The van der Waals surface area contributed by atoms with Crippen LogP contribution in [0, 0.1) is 0 Å². The Kier molecular flexibility index (Phi) is 8.54. The third-order valence-corrected chi connectivity index (χ3v) is 13.4. The molecule has 3 aromatic heterocycles. The highest BCUT2D eigenvalue weighted by Crippen LogP contribution is 2.58. The van der Waals surface area contributed by atoms with E-state index >= 15 is 0 Å². The van der Waals surface area contributed by atoms with Gasteiger partial charge < -0.3 is 0 Å². The minimum atomic E-state index is -0.626. The zero-order valence-electron chi connectivity index (χ0n) is 33.5. The third-order valence-electron chi connectivity index (χ3n) is 12.2. The average Bonchev–Trinajstić information content (AvgIpc) is 3.88. The minimum absolute atomic E-state index is 0.626. The monoisotopic (exact) mass is 808 g/mol. The molecule has 3 heterocycles. The summed E-state index contributed by atoms with van der Waals surface area (Å²) in [6.45, 7) is 0. The lowest BCUT2D eigenvalue weighted by Crippen LogP contribution is -2.28. The van der Waals surface area contributed by atoms with Crippen molar-refractivity contribution < 1.29 is 0 Å². The molecule has 0 saturated heterocycles. The van der Waals surface area contributed by atoms with Gasteiger partial charge in [-0.05, 0) is 57.6 Å². The number of hydrogen-bond acceptors (Lipinski definition) is 5. The Balaban J connectivity index is 1.24. The highest BCUT2D eigenvalue weighted by Gasteiger charge is 2.46. The van der Waals surface area contributed by atoms with Crippen LogP contribution in [0.3, 0.4) is 0 Å². The molecule has 0 saturated carbocycles. The SMILES string of the molecule is c1ccc(-c2cc(-c3cc4c(cc3-c3nc(-c5ccccc5)c5sc6ccccc6c5n3)C(c3ccccc3)(c3ccccc3)c3ccccc3-4)nc(-c3ccccc3)n2)cc1. The van der Waals surface area contributed by atoms with Crippen LogP contribution in [0.4, 0.5) is 0 Å². The van der Waals surface area contributed by atoms with Crippen LogP contribution in [0.25, 0.3) is 88.0 Å². The Morgan fingerprint density at radius 3 is 1.61 bits per heavy atom. The summed E-state index contributed by atoms with van der Waals surface area (Å²) in [5.74, 6) is 1.30. The van der Waals surface area contributed by atoms with Gasteiger partial charge in [0.25, 0.3) is 0 Å². The predicted molar refractivity (Wildman–Crippen MR) is 255 cm³/mol. The molecule has 5 heteroatoms. The van der Waals surface area contributed by atoms with Crippen molar-refractivity contribution in [2.45, 2.75) is 5.41 Å². The van der Waals surface area contributed by atoms with Crippen molar-refractivity contribution in [1.29, 1.82) is 0 Å². The number of thiophene rings is 1. The maximum Gasteiger partial charge on any atom is 0.161 e. The summed E-state index contributed by atoms with van der Waals surface area (Å²) >= 11 is 1.75. The van der Waals surface area contributed by atoms with E-state index in [0.29, 0.717) is 11.6 Å². The first-order valence-electron chi connectivity index (χ1n) is 20.9. The average molecular weight is 809 g/mol. The van der Waals surface area contributed by atoms with Crippen LogP contribution in [-0.2, 0) is 5.41 Å². The van der Waals surface area contributed by atoms with E-state index in [4.69, 9.17) is 19.9 Å². The second-order valence-electron chi connectivity index (χ2n) is 15.7. The molecule has 1 aliphatic carbocycles. The maximum absolute atomic E-state index is 5.61. The summed E-state index contributed by atoms with van der Waals surface area (Å²) in [7, 11) is 0. The summed E-state index contributed by atoms with van der Waals surface area (Å²) < 4.78 is 2.25. The highest BCUT2D eigenvalue weighted by atomic mass is 32.1. The summed E-state index contributed by atoms with van der Waals surface area (Å²) in [5, 5.41) is 1.12. The Morgan fingerprint density at radius 1 is 0.355 bits per heavy atom. The van der Waals surface area contributed by atoms with Gasteiger partial charge in [-0.1, -0.05) is 194 Å². The van der Waals surface area contributed by atoms with Gasteiger partial charge in [-0.2, -0.15) is 0 Å². The van der Waals surface area contributed by atoms with Crippen LogP contribution >= 0.6 is 11.3 Å². The molecule has 0 fully saturated rings. The van der Waals surface area contributed by atoms with Gasteiger partial charge in [0.15, 0.2) is 11.6 Å². The summed E-state index contributed by atoms with van der Waals surface area (Å²) in [6.07, 6.45) is 0. The number of aromatic nitrogens is 4. The van der Waals surface area contributed by atoms with E-state index in [-0.39, 0.29) is 0 Å². The second-order valence-corrected chi connectivity index (χ2v) is 16.8. The summed E-state index contributed by atoms with van der Waals surface area (Å²) in [4.78, 5) is 21.8. The zero-order valence-corrected chi connectivity index (χ0v) is 34.3.